The van der Waals surface area contributed by atoms with Crippen molar-refractivity contribution < 1.29 is 37.2 Å². The van der Waals surface area contributed by atoms with Gasteiger partial charge < -0.3 is 23.4 Å². The van der Waals surface area contributed by atoms with Crippen molar-refractivity contribution in [2.24, 2.45) is 0 Å². The smallest absolute Gasteiger partial charge is 0.244 e. The van der Waals surface area contributed by atoms with E-state index in [-0.39, 0.29) is 67.0 Å². The molecule has 390 valence electrons. The van der Waals surface area contributed by atoms with Crippen LogP contribution >= 0.6 is 0 Å². The largest absolute Gasteiger partial charge is 0.522 e. The van der Waals surface area contributed by atoms with E-state index in [0.717, 1.165) is 80.2 Å². The summed E-state index contributed by atoms with van der Waals surface area (Å²) < 4.78 is 56.9. The summed E-state index contributed by atoms with van der Waals surface area (Å²) in [4.78, 5) is 9.70. The average Bonchev–Trinajstić information content (AvgIpc) is 4.19. The summed E-state index contributed by atoms with van der Waals surface area (Å²) in [6.45, 7) is 20.6. The molecule has 0 aliphatic heterocycles. The third-order valence-electron chi connectivity index (χ3n) is 14.5. The number of benzene rings is 7. The monoisotopic (exact) mass is 1190 g/mol. The van der Waals surface area contributed by atoms with Gasteiger partial charge in [-0.05, 0) is 121 Å². The van der Waals surface area contributed by atoms with E-state index >= 15 is 0 Å². The van der Waals surface area contributed by atoms with Gasteiger partial charge >= 0.3 is 0 Å². The zero-order valence-electron chi connectivity index (χ0n) is 50.4. The third-order valence-corrected chi connectivity index (χ3v) is 14.5. The molecule has 0 saturated carbocycles. The SMILES string of the molecule is [2H]c1c([2H])c([2H])c(-c2cccc(-c3cc(C(C)(C)C)cc(C(C)(C)C)c3)c2CCCC[n+]2[c-]n(-c3[c-]c(Oc4[c-]c5c(cc4)c4ccccc4n5-c4cc(C(C)(C)C)ccn4)ccn3)c3ccc(Cc4ccccc4)cc32)c([2H])c1[2H].[Pt]. The zero-order valence-corrected chi connectivity index (χ0v) is 47.7. The van der Waals surface area contributed by atoms with Crippen LogP contribution in [0.15, 0.2) is 182 Å². The number of aryl methyl sites for hydroxylation is 1. The van der Waals surface area contributed by atoms with Crippen LogP contribution in [-0.4, -0.2) is 19.1 Å². The van der Waals surface area contributed by atoms with Crippen molar-refractivity contribution in [2.45, 2.75) is 111 Å². The van der Waals surface area contributed by atoms with Gasteiger partial charge in [0.05, 0.1) is 30.2 Å². The van der Waals surface area contributed by atoms with Crippen LogP contribution in [0.5, 0.6) is 11.5 Å². The maximum absolute atomic E-state index is 9.11. The number of nitrogens with zero attached hydrogens (tertiary/aromatic N) is 5. The van der Waals surface area contributed by atoms with Crippen LogP contribution in [0, 0.1) is 18.5 Å². The van der Waals surface area contributed by atoms with E-state index in [0.29, 0.717) is 35.8 Å². The third kappa shape index (κ3) is 11.2. The average molecular weight is 1190 g/mol. The Morgan fingerprint density at radius 1 is 0.571 bits per heavy atom. The van der Waals surface area contributed by atoms with Gasteiger partial charge in [-0.1, -0.05) is 213 Å². The summed E-state index contributed by atoms with van der Waals surface area (Å²) in [6.07, 6.45) is 10.1. The summed E-state index contributed by atoms with van der Waals surface area (Å²) in [6, 6.07) is 53.8. The normalized spacial score (nSPS) is 13.0. The molecule has 77 heavy (non-hydrogen) atoms. The summed E-state index contributed by atoms with van der Waals surface area (Å²) in [7, 11) is 0. The van der Waals surface area contributed by atoms with E-state index in [1.54, 1.807) is 6.20 Å². The quantitative estimate of drug-likeness (QED) is 0.0657. The number of hydrogen-bond donors (Lipinski definition) is 0. The van der Waals surface area contributed by atoms with Crippen LogP contribution in [0.3, 0.4) is 0 Å². The number of aromatic nitrogens is 5. The van der Waals surface area contributed by atoms with E-state index in [1.807, 2.05) is 47.2 Å². The van der Waals surface area contributed by atoms with Crippen LogP contribution in [0.1, 0.15) is 115 Å². The standard InChI is InChI=1S/C70H67N5O.Pt/c1-68(2,3)52-34-36-72-67(44-52)75-62-29-17-16-26-60(62)61-32-31-55(45-64(61)75)76-56-35-37-71-66(46-56)74-47-73(65-40-49(30-33-63(65)74)39-48-21-12-10-13-22-48)38-19-18-25-59-57(50-23-14-11-15-24-50)27-20-28-58(59)51-41-53(69(4,5)6)43-54(42-51)70(7,8)9;/h10-17,20-24,26-37,40-44H,18-19,25,38-39H2,1-9H3;/q-2;/i11D,14D,15D,23D,24D;. The molecular formula is C70H67N5OPt-2. The molecule has 0 aliphatic carbocycles. The van der Waals surface area contributed by atoms with Crippen molar-refractivity contribution in [1.29, 1.82) is 0 Å². The minimum atomic E-state index is -0.405. The van der Waals surface area contributed by atoms with Gasteiger partial charge in [-0.2, -0.15) is 18.2 Å². The molecule has 0 aliphatic rings. The van der Waals surface area contributed by atoms with E-state index in [4.69, 9.17) is 21.6 Å². The van der Waals surface area contributed by atoms with Gasteiger partial charge in [0, 0.05) is 38.5 Å². The molecule has 0 spiro atoms. The number of fused-ring (bicyclic) bond motifs is 4. The van der Waals surface area contributed by atoms with Gasteiger partial charge in [0.2, 0.25) is 6.33 Å². The minimum Gasteiger partial charge on any atom is -0.522 e. The first-order chi connectivity index (χ1) is 38.6. The first-order valence-corrected chi connectivity index (χ1v) is 26.5. The number of pyridine rings is 2. The molecule has 11 aromatic rings. The number of rotatable bonds is 13. The van der Waals surface area contributed by atoms with E-state index < -0.39 is 6.04 Å². The molecule has 4 heterocycles. The van der Waals surface area contributed by atoms with Crippen LogP contribution in [-0.2, 0) is 56.7 Å². The van der Waals surface area contributed by atoms with Gasteiger partial charge in [0.1, 0.15) is 5.82 Å². The van der Waals surface area contributed by atoms with E-state index in [2.05, 4.69) is 193 Å². The zero-order chi connectivity index (χ0) is 57.1. The Hall–Kier alpha value is -7.40. The molecule has 6 nitrogen and oxygen atoms in total. The number of hydrogen-bond acceptors (Lipinski definition) is 3. The van der Waals surface area contributed by atoms with Gasteiger partial charge in [-0.25, -0.2) is 4.98 Å². The van der Waals surface area contributed by atoms with Gasteiger partial charge in [0.15, 0.2) is 0 Å². The van der Waals surface area contributed by atoms with Crippen LogP contribution in [0.25, 0.3) is 66.7 Å². The van der Waals surface area contributed by atoms with Crippen molar-refractivity contribution in [3.63, 3.8) is 0 Å². The topological polar surface area (TPSA) is 48.8 Å². The van der Waals surface area contributed by atoms with Crippen molar-refractivity contribution in [3.05, 3.63) is 234 Å². The minimum absolute atomic E-state index is 0. The van der Waals surface area contributed by atoms with Crippen LogP contribution < -0.4 is 9.30 Å². The summed E-state index contributed by atoms with van der Waals surface area (Å²) in [5.41, 5.74) is 13.3. The van der Waals surface area contributed by atoms with Crippen LogP contribution in [0.2, 0.25) is 0 Å². The molecule has 0 radical (unpaired) electrons. The van der Waals surface area contributed by atoms with Crippen molar-refractivity contribution in [1.82, 2.24) is 19.1 Å². The van der Waals surface area contributed by atoms with Gasteiger partial charge in [0.25, 0.3) is 0 Å². The van der Waals surface area contributed by atoms with Crippen molar-refractivity contribution in [2.75, 3.05) is 0 Å². The fraction of sp³-hybridized carbons (Fsp3) is 0.243. The Morgan fingerprint density at radius 2 is 1.26 bits per heavy atom. The molecule has 0 saturated heterocycles. The first kappa shape index (κ1) is 46.9. The summed E-state index contributed by atoms with van der Waals surface area (Å²) in [5, 5.41) is 2.15. The predicted octanol–water partition coefficient (Wildman–Crippen LogP) is 16.8. The Morgan fingerprint density at radius 3 is 2.00 bits per heavy atom. The summed E-state index contributed by atoms with van der Waals surface area (Å²) in [5.74, 6) is 2.34. The number of unbranched alkanes of at least 4 members (excludes halogenated alkanes) is 1. The number of imidazole rings is 1. The molecule has 0 bridgehead atoms. The maximum Gasteiger partial charge on any atom is 0.244 e. The van der Waals surface area contributed by atoms with Gasteiger partial charge in [-0.3, -0.25) is 0 Å². The number of ether oxygens (including phenoxy) is 1. The second-order valence-corrected chi connectivity index (χ2v) is 23.1. The molecule has 0 N–H and O–H groups in total. The first-order valence-electron chi connectivity index (χ1n) is 29.0. The summed E-state index contributed by atoms with van der Waals surface area (Å²) >= 11 is 0. The molecule has 11 rings (SSSR count). The molecule has 7 aromatic carbocycles. The molecule has 0 unspecified atom stereocenters. The molecule has 0 amide bonds. The van der Waals surface area contributed by atoms with Crippen molar-refractivity contribution in [3.8, 4) is 45.4 Å². The Kier molecular flexibility index (Phi) is 13.1. The fourth-order valence-electron chi connectivity index (χ4n) is 10.3. The van der Waals surface area contributed by atoms with E-state index in [9.17, 15) is 0 Å². The molecule has 7 heteroatoms. The van der Waals surface area contributed by atoms with Gasteiger partial charge in [-0.15, -0.1) is 17.5 Å². The molecule has 0 atom stereocenters. The van der Waals surface area contributed by atoms with Crippen molar-refractivity contribution >= 4 is 32.8 Å². The Labute approximate surface area is 476 Å². The number of para-hydroxylation sites is 1. The van der Waals surface area contributed by atoms with E-state index in [1.165, 1.54) is 22.3 Å². The predicted molar refractivity (Wildman–Crippen MR) is 312 cm³/mol. The Balaban J connectivity index is 0.00000753. The molecule has 4 aromatic heterocycles. The maximum atomic E-state index is 9.11. The second kappa shape index (κ2) is 21.6. The second-order valence-electron chi connectivity index (χ2n) is 23.1. The molecule has 0 fully saturated rings. The Bertz CT molecular complexity index is 4140. The fourth-order valence-corrected chi connectivity index (χ4v) is 10.3. The van der Waals surface area contributed by atoms with Crippen LogP contribution in [0.4, 0.5) is 0 Å². The molecular weight excluding hydrogens is 1120 g/mol.